The van der Waals surface area contributed by atoms with Crippen molar-refractivity contribution in [2.45, 2.75) is 31.0 Å². The molecule has 0 aromatic carbocycles. The van der Waals surface area contributed by atoms with Crippen LogP contribution in [0.4, 0.5) is 5.82 Å². The summed E-state index contributed by atoms with van der Waals surface area (Å²) in [5.74, 6) is 1.64. The lowest BCUT2D eigenvalue weighted by atomic mass is 10.3. The molecule has 0 bridgehead atoms. The van der Waals surface area contributed by atoms with Gasteiger partial charge in [-0.15, -0.1) is 0 Å². The van der Waals surface area contributed by atoms with Gasteiger partial charge in [0.2, 0.25) is 0 Å². The lowest BCUT2D eigenvalue weighted by Crippen LogP contribution is -2.06. The summed E-state index contributed by atoms with van der Waals surface area (Å²) in [4.78, 5) is 13.1. The Bertz CT molecular complexity index is 550. The predicted molar refractivity (Wildman–Crippen MR) is 70.8 cm³/mol. The van der Waals surface area contributed by atoms with E-state index in [1.807, 2.05) is 27.8 Å². The standard InChI is InChI=1S/C11H16N6S/c1-5-12-9-7(2)10(16-8(3)15-9)18-11-13-6-14-17(11)4/h6H,5H2,1-4H3,(H,12,15,16). The van der Waals surface area contributed by atoms with Crippen molar-refractivity contribution in [3.63, 3.8) is 0 Å². The van der Waals surface area contributed by atoms with Crippen LogP contribution in [-0.2, 0) is 7.05 Å². The van der Waals surface area contributed by atoms with Crippen LogP contribution in [0, 0.1) is 13.8 Å². The number of nitrogens with one attached hydrogen (secondary N) is 1. The summed E-state index contributed by atoms with van der Waals surface area (Å²) >= 11 is 1.50. The summed E-state index contributed by atoms with van der Waals surface area (Å²) in [6.07, 6.45) is 1.54. The minimum absolute atomic E-state index is 0.751. The lowest BCUT2D eigenvalue weighted by Gasteiger charge is -2.10. The molecule has 0 aliphatic carbocycles. The van der Waals surface area contributed by atoms with Crippen molar-refractivity contribution >= 4 is 17.6 Å². The van der Waals surface area contributed by atoms with Crippen molar-refractivity contribution in [1.29, 1.82) is 0 Å². The Kier molecular flexibility index (Phi) is 3.81. The Balaban J connectivity index is 2.35. The number of aryl methyl sites for hydroxylation is 2. The Morgan fingerprint density at radius 1 is 1.33 bits per heavy atom. The Hall–Kier alpha value is -1.63. The molecule has 0 saturated carbocycles. The van der Waals surface area contributed by atoms with Gasteiger partial charge in [0.15, 0.2) is 5.16 Å². The van der Waals surface area contributed by atoms with Gasteiger partial charge in [-0.05, 0) is 32.5 Å². The summed E-state index contributed by atoms with van der Waals surface area (Å²) in [7, 11) is 1.86. The van der Waals surface area contributed by atoms with Gasteiger partial charge in [-0.2, -0.15) is 5.10 Å². The fourth-order valence-electron chi connectivity index (χ4n) is 1.51. The topological polar surface area (TPSA) is 68.5 Å². The summed E-state index contributed by atoms with van der Waals surface area (Å²) < 4.78 is 1.73. The fraction of sp³-hybridized carbons (Fsp3) is 0.455. The number of nitrogens with zero attached hydrogens (tertiary/aromatic N) is 5. The predicted octanol–water partition coefficient (Wildman–Crippen LogP) is 1.80. The molecule has 0 atom stereocenters. The molecule has 0 spiro atoms. The molecule has 0 aliphatic heterocycles. The van der Waals surface area contributed by atoms with Gasteiger partial charge in [-0.3, -0.25) is 0 Å². The van der Waals surface area contributed by atoms with E-state index in [-0.39, 0.29) is 0 Å². The first kappa shape index (κ1) is 12.8. The minimum Gasteiger partial charge on any atom is -0.370 e. The summed E-state index contributed by atoms with van der Waals surface area (Å²) in [5.41, 5.74) is 1.04. The van der Waals surface area contributed by atoms with E-state index in [2.05, 4.69) is 25.4 Å². The van der Waals surface area contributed by atoms with E-state index in [4.69, 9.17) is 0 Å². The summed E-state index contributed by atoms with van der Waals surface area (Å²) in [6, 6.07) is 0. The third kappa shape index (κ3) is 2.61. The van der Waals surface area contributed by atoms with Gasteiger partial charge in [0.25, 0.3) is 0 Å². The maximum atomic E-state index is 4.46. The van der Waals surface area contributed by atoms with Crippen molar-refractivity contribution in [1.82, 2.24) is 24.7 Å². The zero-order chi connectivity index (χ0) is 13.1. The molecule has 1 N–H and O–H groups in total. The molecule has 96 valence electrons. The second-order valence-corrected chi connectivity index (χ2v) is 4.80. The van der Waals surface area contributed by atoms with Crippen molar-refractivity contribution in [3.8, 4) is 0 Å². The largest absolute Gasteiger partial charge is 0.370 e. The van der Waals surface area contributed by atoms with Gasteiger partial charge < -0.3 is 5.32 Å². The highest BCUT2D eigenvalue weighted by atomic mass is 32.2. The van der Waals surface area contributed by atoms with Crippen molar-refractivity contribution < 1.29 is 0 Å². The van der Waals surface area contributed by atoms with Gasteiger partial charge in [-0.25, -0.2) is 19.6 Å². The maximum absolute atomic E-state index is 4.46. The monoisotopic (exact) mass is 264 g/mol. The molecule has 7 heteroatoms. The lowest BCUT2D eigenvalue weighted by molar-refractivity contribution is 0.684. The smallest absolute Gasteiger partial charge is 0.192 e. The molecule has 0 amide bonds. The second kappa shape index (κ2) is 5.34. The summed E-state index contributed by atoms with van der Waals surface area (Å²) in [5, 5.41) is 9.02. The van der Waals surface area contributed by atoms with Crippen LogP contribution in [0.3, 0.4) is 0 Å². The van der Waals surface area contributed by atoms with Gasteiger partial charge in [0.05, 0.1) is 0 Å². The first-order chi connectivity index (χ1) is 8.61. The van der Waals surface area contributed by atoms with Crippen LogP contribution in [0.2, 0.25) is 0 Å². The molecule has 2 aromatic heterocycles. The fourth-order valence-corrected chi connectivity index (χ4v) is 2.39. The third-order valence-electron chi connectivity index (χ3n) is 2.41. The normalized spacial score (nSPS) is 10.7. The molecular formula is C11H16N6S. The molecule has 0 unspecified atom stereocenters. The highest BCUT2D eigenvalue weighted by Crippen LogP contribution is 2.29. The van der Waals surface area contributed by atoms with Crippen LogP contribution in [0.1, 0.15) is 18.3 Å². The van der Waals surface area contributed by atoms with Crippen LogP contribution in [0.25, 0.3) is 0 Å². The summed E-state index contributed by atoms with van der Waals surface area (Å²) in [6.45, 7) is 6.79. The van der Waals surface area contributed by atoms with E-state index in [0.29, 0.717) is 0 Å². The van der Waals surface area contributed by atoms with E-state index in [0.717, 1.165) is 33.9 Å². The molecule has 6 nitrogen and oxygen atoms in total. The minimum atomic E-state index is 0.751. The third-order valence-corrected chi connectivity index (χ3v) is 3.56. The van der Waals surface area contributed by atoms with Crippen LogP contribution >= 0.6 is 11.8 Å². The van der Waals surface area contributed by atoms with Crippen molar-refractivity contribution in [2.75, 3.05) is 11.9 Å². The number of hydrogen-bond donors (Lipinski definition) is 1. The molecule has 0 saturated heterocycles. The van der Waals surface area contributed by atoms with Gasteiger partial charge in [0, 0.05) is 19.2 Å². The van der Waals surface area contributed by atoms with Crippen molar-refractivity contribution in [3.05, 3.63) is 17.7 Å². The molecule has 18 heavy (non-hydrogen) atoms. The molecule has 2 heterocycles. The second-order valence-electron chi connectivity index (χ2n) is 3.85. The Morgan fingerprint density at radius 3 is 2.72 bits per heavy atom. The molecule has 2 aromatic rings. The van der Waals surface area contributed by atoms with Crippen LogP contribution in [0.5, 0.6) is 0 Å². The van der Waals surface area contributed by atoms with Crippen LogP contribution in [0.15, 0.2) is 16.5 Å². The molecule has 0 radical (unpaired) electrons. The van der Waals surface area contributed by atoms with Gasteiger partial charge in [-0.1, -0.05) is 0 Å². The van der Waals surface area contributed by atoms with Crippen LogP contribution < -0.4 is 5.32 Å². The quantitative estimate of drug-likeness (QED) is 0.849. The van der Waals surface area contributed by atoms with E-state index >= 15 is 0 Å². The average Bonchev–Trinajstić information content (AvgIpc) is 2.71. The van der Waals surface area contributed by atoms with Gasteiger partial charge in [0.1, 0.15) is 23.0 Å². The van der Waals surface area contributed by atoms with E-state index in [9.17, 15) is 0 Å². The number of hydrogen-bond acceptors (Lipinski definition) is 6. The number of anilines is 1. The number of aromatic nitrogens is 5. The molecule has 0 fully saturated rings. The van der Waals surface area contributed by atoms with Crippen LogP contribution in [-0.4, -0.2) is 31.3 Å². The van der Waals surface area contributed by atoms with Crippen molar-refractivity contribution in [2.24, 2.45) is 7.05 Å². The SMILES string of the molecule is CCNc1nc(C)nc(Sc2ncnn2C)c1C. The highest BCUT2D eigenvalue weighted by molar-refractivity contribution is 7.99. The van der Waals surface area contributed by atoms with E-state index in [1.54, 1.807) is 4.68 Å². The Morgan fingerprint density at radius 2 is 2.11 bits per heavy atom. The Labute approximate surface area is 110 Å². The first-order valence-corrected chi connectivity index (χ1v) is 6.54. The zero-order valence-corrected chi connectivity index (χ0v) is 11.7. The molecule has 0 aliphatic rings. The zero-order valence-electron chi connectivity index (χ0n) is 10.9. The first-order valence-electron chi connectivity index (χ1n) is 5.72. The number of rotatable bonds is 4. The highest BCUT2D eigenvalue weighted by Gasteiger charge is 2.12. The average molecular weight is 264 g/mol. The van der Waals surface area contributed by atoms with E-state index in [1.165, 1.54) is 18.1 Å². The molecular weight excluding hydrogens is 248 g/mol. The maximum Gasteiger partial charge on any atom is 0.192 e. The van der Waals surface area contributed by atoms with E-state index < -0.39 is 0 Å². The van der Waals surface area contributed by atoms with Gasteiger partial charge >= 0.3 is 0 Å². The molecule has 2 rings (SSSR count).